The van der Waals surface area contributed by atoms with Gasteiger partial charge < -0.3 is 20.9 Å². The van der Waals surface area contributed by atoms with E-state index in [9.17, 15) is 19.1 Å². The number of anilines is 3. The first-order chi connectivity index (χ1) is 15.8. The first-order valence-electron chi connectivity index (χ1n) is 9.85. The number of nitrogens with two attached hydrogens (primary N) is 1. The van der Waals surface area contributed by atoms with Crippen LogP contribution in [0.4, 0.5) is 26.2 Å². The van der Waals surface area contributed by atoms with Crippen LogP contribution in [0, 0.1) is 5.82 Å². The summed E-state index contributed by atoms with van der Waals surface area (Å²) in [6, 6.07) is 17.4. The lowest BCUT2D eigenvalue weighted by Gasteiger charge is -2.18. The molecule has 9 heteroatoms. The lowest BCUT2D eigenvalue weighted by Crippen LogP contribution is -2.17. The molecule has 0 spiro atoms. The van der Waals surface area contributed by atoms with Crippen molar-refractivity contribution in [2.75, 3.05) is 16.4 Å². The zero-order chi connectivity index (χ0) is 23.8. The van der Waals surface area contributed by atoms with Gasteiger partial charge in [0.1, 0.15) is 6.10 Å². The van der Waals surface area contributed by atoms with Crippen molar-refractivity contribution in [3.63, 3.8) is 0 Å². The number of hydrogen-bond donors (Lipinski definition) is 4. The summed E-state index contributed by atoms with van der Waals surface area (Å²) in [5.41, 5.74) is 7.52. The number of phenols is 1. The highest BCUT2D eigenvalue weighted by Gasteiger charge is 2.18. The molecule has 3 aromatic rings. The van der Waals surface area contributed by atoms with Crippen molar-refractivity contribution < 1.29 is 23.8 Å². The van der Waals surface area contributed by atoms with Crippen LogP contribution in [-0.2, 0) is 9.53 Å². The predicted molar refractivity (Wildman–Crippen MR) is 128 cm³/mol. The Labute approximate surface area is 198 Å². The van der Waals surface area contributed by atoms with Gasteiger partial charge in [-0.15, -0.1) is 0 Å². The van der Waals surface area contributed by atoms with Gasteiger partial charge in [-0.05, 0) is 60.2 Å². The summed E-state index contributed by atoms with van der Waals surface area (Å²) in [5, 5.41) is 14.7. The van der Waals surface area contributed by atoms with Crippen LogP contribution in [-0.4, -0.2) is 17.1 Å². The first kappa shape index (κ1) is 23.8. The number of halogens is 2. The van der Waals surface area contributed by atoms with Gasteiger partial charge in [-0.3, -0.25) is 10.1 Å². The predicted octanol–water partition coefficient (Wildman–Crippen LogP) is 5.75. The standard InChI is InChI=1S/C24H21BrFN3O4/c25-16-9-11-17(12-10-16)28-24(32)33-22(15-8-13-21(30)18(26)14-15)6-3-7-23(31)29-20-5-2-1-4-19(20)27/h1-5,7-14,22,30H,6,27H2,(H,28,32)(H,29,31)/b7-3+/t22-/m1/s1. The Balaban J connectivity index is 1.69. The molecule has 3 rings (SSSR count). The van der Waals surface area contributed by atoms with Gasteiger partial charge in [0, 0.05) is 16.6 Å². The number of rotatable bonds is 7. The van der Waals surface area contributed by atoms with Gasteiger partial charge in [0.25, 0.3) is 0 Å². The smallest absolute Gasteiger partial charge is 0.412 e. The van der Waals surface area contributed by atoms with E-state index in [1.165, 1.54) is 24.3 Å². The quantitative estimate of drug-likeness (QED) is 0.237. The van der Waals surface area contributed by atoms with Crippen molar-refractivity contribution in [1.82, 2.24) is 0 Å². The highest BCUT2D eigenvalue weighted by atomic mass is 79.9. The molecule has 33 heavy (non-hydrogen) atoms. The summed E-state index contributed by atoms with van der Waals surface area (Å²) >= 11 is 3.31. The number of nitrogen functional groups attached to an aromatic ring is 1. The fraction of sp³-hybridized carbons (Fsp3) is 0.0833. The van der Waals surface area contributed by atoms with Crippen LogP contribution >= 0.6 is 15.9 Å². The number of amides is 2. The fourth-order valence-electron chi connectivity index (χ4n) is 2.87. The molecule has 170 valence electrons. The van der Waals surface area contributed by atoms with E-state index in [-0.39, 0.29) is 6.42 Å². The maximum absolute atomic E-state index is 13.9. The Hall–Kier alpha value is -3.85. The number of benzene rings is 3. The highest BCUT2D eigenvalue weighted by molar-refractivity contribution is 9.10. The lowest BCUT2D eigenvalue weighted by molar-refractivity contribution is -0.111. The van der Waals surface area contributed by atoms with Crippen LogP contribution in [0.3, 0.4) is 0 Å². The first-order valence-corrected chi connectivity index (χ1v) is 10.6. The Bertz CT molecular complexity index is 1170. The Morgan fingerprint density at radius 2 is 1.82 bits per heavy atom. The average molecular weight is 514 g/mol. The van der Waals surface area contributed by atoms with E-state index < -0.39 is 29.7 Å². The monoisotopic (exact) mass is 513 g/mol. The summed E-state index contributed by atoms with van der Waals surface area (Å²) in [5.74, 6) is -1.80. The summed E-state index contributed by atoms with van der Waals surface area (Å²) in [6.45, 7) is 0. The molecule has 0 aromatic heterocycles. The number of nitrogens with one attached hydrogen (secondary N) is 2. The van der Waals surface area contributed by atoms with Gasteiger partial charge in [0.2, 0.25) is 5.91 Å². The normalized spacial score (nSPS) is 11.7. The number of carbonyl (C=O) groups is 2. The Morgan fingerprint density at radius 1 is 1.09 bits per heavy atom. The molecule has 0 bridgehead atoms. The van der Waals surface area contributed by atoms with Gasteiger partial charge in [-0.25, -0.2) is 9.18 Å². The zero-order valence-corrected chi connectivity index (χ0v) is 18.9. The van der Waals surface area contributed by atoms with Crippen LogP contribution in [0.1, 0.15) is 18.1 Å². The topological polar surface area (TPSA) is 114 Å². The molecule has 0 fully saturated rings. The molecule has 0 saturated heterocycles. The molecule has 0 radical (unpaired) electrons. The highest BCUT2D eigenvalue weighted by Crippen LogP contribution is 2.27. The number of ether oxygens (including phenoxy) is 1. The average Bonchev–Trinajstić information content (AvgIpc) is 2.78. The zero-order valence-electron chi connectivity index (χ0n) is 17.3. The van der Waals surface area contributed by atoms with Crippen molar-refractivity contribution in [1.29, 1.82) is 0 Å². The molecule has 1 atom stereocenters. The van der Waals surface area contributed by atoms with E-state index in [0.717, 1.165) is 10.5 Å². The molecule has 0 aliphatic carbocycles. The summed E-state index contributed by atoms with van der Waals surface area (Å²) < 4.78 is 20.2. The molecular formula is C24H21BrFN3O4. The fourth-order valence-corrected chi connectivity index (χ4v) is 3.13. The summed E-state index contributed by atoms with van der Waals surface area (Å²) in [7, 11) is 0. The molecule has 0 aliphatic rings. The third-order valence-electron chi connectivity index (χ3n) is 4.52. The van der Waals surface area contributed by atoms with Crippen molar-refractivity contribution in [3.8, 4) is 5.75 Å². The molecule has 2 amide bonds. The van der Waals surface area contributed by atoms with E-state index in [1.54, 1.807) is 48.5 Å². The second-order valence-electron chi connectivity index (χ2n) is 6.95. The van der Waals surface area contributed by atoms with Gasteiger partial charge in [-0.1, -0.05) is 40.2 Å². The molecule has 0 heterocycles. The molecule has 0 saturated carbocycles. The van der Waals surface area contributed by atoms with E-state index in [0.29, 0.717) is 22.6 Å². The number of aromatic hydroxyl groups is 1. The van der Waals surface area contributed by atoms with Gasteiger partial charge >= 0.3 is 6.09 Å². The second kappa shape index (κ2) is 11.1. The van der Waals surface area contributed by atoms with Crippen LogP contribution < -0.4 is 16.4 Å². The van der Waals surface area contributed by atoms with Crippen molar-refractivity contribution in [2.24, 2.45) is 0 Å². The van der Waals surface area contributed by atoms with Crippen LogP contribution in [0.5, 0.6) is 5.75 Å². The largest absolute Gasteiger partial charge is 0.505 e. The number of carbonyl (C=O) groups excluding carboxylic acids is 2. The number of para-hydroxylation sites is 2. The minimum atomic E-state index is -0.915. The van der Waals surface area contributed by atoms with Crippen LogP contribution in [0.2, 0.25) is 0 Å². The Kier molecular flexibility index (Phi) is 8.04. The molecule has 7 nitrogen and oxygen atoms in total. The summed E-state index contributed by atoms with van der Waals surface area (Å²) in [4.78, 5) is 24.6. The molecule has 3 aromatic carbocycles. The van der Waals surface area contributed by atoms with Gasteiger partial charge in [0.15, 0.2) is 11.6 Å². The van der Waals surface area contributed by atoms with Gasteiger partial charge in [-0.2, -0.15) is 0 Å². The molecule has 0 aliphatic heterocycles. The summed E-state index contributed by atoms with van der Waals surface area (Å²) in [6.07, 6.45) is 1.17. The van der Waals surface area contributed by atoms with Crippen molar-refractivity contribution in [2.45, 2.75) is 12.5 Å². The number of hydrogen-bond acceptors (Lipinski definition) is 5. The van der Waals surface area contributed by atoms with E-state index in [4.69, 9.17) is 10.5 Å². The van der Waals surface area contributed by atoms with E-state index in [1.807, 2.05) is 0 Å². The van der Waals surface area contributed by atoms with Crippen LogP contribution in [0.25, 0.3) is 0 Å². The van der Waals surface area contributed by atoms with Crippen LogP contribution in [0.15, 0.2) is 83.4 Å². The minimum Gasteiger partial charge on any atom is -0.505 e. The number of phenolic OH excluding ortho intramolecular Hbond substituents is 1. The van der Waals surface area contributed by atoms with E-state index in [2.05, 4.69) is 26.6 Å². The lowest BCUT2D eigenvalue weighted by atomic mass is 10.1. The maximum Gasteiger partial charge on any atom is 0.412 e. The molecule has 5 N–H and O–H groups in total. The minimum absolute atomic E-state index is 0.0790. The SMILES string of the molecule is Nc1ccccc1NC(=O)/C=C/C[C@@H](OC(=O)Nc1ccc(Br)cc1)c1ccc(O)c(F)c1. The third kappa shape index (κ3) is 7.08. The molecule has 0 unspecified atom stereocenters. The maximum atomic E-state index is 13.9. The van der Waals surface area contributed by atoms with Crippen molar-refractivity contribution >= 4 is 45.0 Å². The third-order valence-corrected chi connectivity index (χ3v) is 5.05. The Morgan fingerprint density at radius 3 is 2.52 bits per heavy atom. The second-order valence-corrected chi connectivity index (χ2v) is 7.87. The van der Waals surface area contributed by atoms with Gasteiger partial charge in [0.05, 0.1) is 11.4 Å². The molecular weight excluding hydrogens is 493 g/mol. The van der Waals surface area contributed by atoms with E-state index >= 15 is 0 Å². The van der Waals surface area contributed by atoms with Crippen molar-refractivity contribution in [3.05, 3.63) is 94.7 Å².